The molecule has 5 amide bonds. The summed E-state index contributed by atoms with van der Waals surface area (Å²) >= 11 is 0. The Balaban J connectivity index is 2.57. The van der Waals surface area contributed by atoms with Crippen molar-refractivity contribution in [1.82, 2.24) is 10.6 Å². The number of nitrogens with one attached hydrogen (secondary N) is 2. The Morgan fingerprint density at radius 1 is 1.12 bits per heavy atom. The Bertz CT molecular complexity index is 829. The molecule has 1 aliphatic carbocycles. The van der Waals surface area contributed by atoms with E-state index in [4.69, 9.17) is 10.8 Å². The van der Waals surface area contributed by atoms with Gasteiger partial charge in [-0.25, -0.2) is 4.79 Å². The molecule has 1 saturated heterocycles. The number of nitrogens with two attached hydrogens (primary N) is 1. The topological polar surface area (TPSA) is 190 Å². The lowest BCUT2D eigenvalue weighted by Crippen LogP contribution is -2.52. The molecule has 26 heavy (non-hydrogen) atoms. The fourth-order valence-corrected chi connectivity index (χ4v) is 2.77. The highest BCUT2D eigenvalue weighted by Gasteiger charge is 2.44. The lowest BCUT2D eigenvalue weighted by molar-refractivity contribution is -0.145. The number of carbonyl (C=O) groups excluding carboxylic acids is 6. The number of imide groups is 2. The summed E-state index contributed by atoms with van der Waals surface area (Å²) in [4.78, 5) is 82.0. The summed E-state index contributed by atoms with van der Waals surface area (Å²) in [5.41, 5.74) is 3.90. The number of barbiturate groups is 1. The third-order valence-corrected chi connectivity index (χ3v) is 3.98. The predicted molar refractivity (Wildman–Crippen MR) is 80.9 cm³/mol. The number of ketones is 2. The largest absolute Gasteiger partial charge is 0.481 e. The number of carboxylic acid groups (broad SMARTS) is 1. The van der Waals surface area contributed by atoms with E-state index >= 15 is 0 Å². The van der Waals surface area contributed by atoms with Gasteiger partial charge in [0.25, 0.3) is 17.7 Å². The minimum absolute atomic E-state index is 0.112. The van der Waals surface area contributed by atoms with Crippen LogP contribution in [0.15, 0.2) is 22.8 Å². The molecule has 0 bridgehead atoms. The third-order valence-electron chi connectivity index (χ3n) is 3.98. The van der Waals surface area contributed by atoms with Crippen molar-refractivity contribution in [3.8, 4) is 0 Å². The normalized spacial score (nSPS) is 23.6. The first-order chi connectivity index (χ1) is 12.0. The molecule has 2 atom stereocenters. The van der Waals surface area contributed by atoms with Crippen LogP contribution in [0.25, 0.3) is 0 Å². The van der Waals surface area contributed by atoms with Crippen molar-refractivity contribution in [2.45, 2.75) is 13.3 Å². The van der Waals surface area contributed by atoms with Crippen molar-refractivity contribution in [2.75, 3.05) is 0 Å². The minimum Gasteiger partial charge on any atom is -0.481 e. The van der Waals surface area contributed by atoms with Gasteiger partial charge in [-0.1, -0.05) is 6.08 Å². The van der Waals surface area contributed by atoms with Crippen molar-refractivity contribution in [3.63, 3.8) is 0 Å². The van der Waals surface area contributed by atoms with Gasteiger partial charge in [-0.2, -0.15) is 0 Å². The number of carboxylic acids is 1. The van der Waals surface area contributed by atoms with Crippen molar-refractivity contribution in [1.29, 1.82) is 0 Å². The Kier molecular flexibility index (Phi) is 4.82. The molecular formula is C15H13N3O8. The van der Waals surface area contributed by atoms with Crippen LogP contribution in [0.4, 0.5) is 4.79 Å². The molecule has 11 nitrogen and oxygen atoms in total. The van der Waals surface area contributed by atoms with Crippen LogP contribution in [-0.2, 0) is 28.8 Å². The quantitative estimate of drug-likeness (QED) is 0.249. The molecule has 0 spiro atoms. The molecular weight excluding hydrogens is 350 g/mol. The first-order valence-corrected chi connectivity index (χ1v) is 7.23. The number of hydrogen-bond donors (Lipinski definition) is 4. The van der Waals surface area contributed by atoms with Crippen LogP contribution < -0.4 is 16.4 Å². The maximum atomic E-state index is 12.6. The number of urea groups is 1. The van der Waals surface area contributed by atoms with Crippen LogP contribution in [0, 0.1) is 11.8 Å². The van der Waals surface area contributed by atoms with Gasteiger partial charge in [0.15, 0.2) is 11.6 Å². The van der Waals surface area contributed by atoms with Gasteiger partial charge >= 0.3 is 12.0 Å². The number of aliphatic carboxylic acids is 1. The van der Waals surface area contributed by atoms with E-state index in [9.17, 15) is 33.6 Å². The van der Waals surface area contributed by atoms with Gasteiger partial charge in [0.2, 0.25) is 0 Å². The third kappa shape index (κ3) is 3.27. The number of hydrogen-bond acceptors (Lipinski definition) is 7. The summed E-state index contributed by atoms with van der Waals surface area (Å²) in [5.74, 6) is -9.78. The summed E-state index contributed by atoms with van der Waals surface area (Å²) < 4.78 is 0. The second kappa shape index (κ2) is 6.70. The van der Waals surface area contributed by atoms with Gasteiger partial charge in [-0.05, 0) is 12.5 Å². The molecule has 1 heterocycles. The van der Waals surface area contributed by atoms with Gasteiger partial charge in [-0.3, -0.25) is 39.4 Å². The Labute approximate surface area is 145 Å². The van der Waals surface area contributed by atoms with Crippen LogP contribution in [-0.4, -0.2) is 46.4 Å². The molecule has 5 N–H and O–H groups in total. The molecule has 136 valence electrons. The zero-order valence-electron chi connectivity index (χ0n) is 13.3. The molecule has 2 aliphatic rings. The van der Waals surface area contributed by atoms with E-state index in [0.717, 1.165) is 6.08 Å². The van der Waals surface area contributed by atoms with Gasteiger partial charge < -0.3 is 10.8 Å². The van der Waals surface area contributed by atoms with Gasteiger partial charge in [0, 0.05) is 0 Å². The Hall–Kier alpha value is -3.63. The van der Waals surface area contributed by atoms with Crippen LogP contribution in [0.5, 0.6) is 0 Å². The zero-order chi connectivity index (χ0) is 19.8. The molecule has 1 fully saturated rings. The highest BCUT2D eigenvalue weighted by molar-refractivity contribution is 6.31. The summed E-state index contributed by atoms with van der Waals surface area (Å²) in [6, 6.07) is -1.05. The number of allylic oxidation sites excluding steroid dienone is 2. The van der Waals surface area contributed by atoms with Crippen molar-refractivity contribution in [2.24, 2.45) is 17.6 Å². The lowest BCUT2D eigenvalue weighted by atomic mass is 9.73. The predicted octanol–water partition coefficient (Wildman–Crippen LogP) is -2.06. The Morgan fingerprint density at radius 2 is 1.65 bits per heavy atom. The van der Waals surface area contributed by atoms with Crippen molar-refractivity contribution >= 4 is 41.3 Å². The van der Waals surface area contributed by atoms with Gasteiger partial charge in [0.1, 0.15) is 5.57 Å². The van der Waals surface area contributed by atoms with Gasteiger partial charge in [0.05, 0.1) is 23.8 Å². The number of Topliss-reactive ketones (excluding diaryl/α,β-unsaturated/α-hetero) is 2. The zero-order valence-corrected chi connectivity index (χ0v) is 13.3. The molecule has 0 aromatic carbocycles. The minimum atomic E-state index is -1.68. The standard InChI is InChI=1S/C15H13N3O8/c1-4-5(2-7-13(24)17-15(26)18-14(7)25)10(21)6(3-8(19)20)11(22)9(4)12(16)23/h2,5-6H,3H2,1H3,(H2,16,23)(H,19,20)(H2,17,18,24,25,26)/t5-,6+/m0/s1. The Morgan fingerprint density at radius 3 is 2.12 bits per heavy atom. The fraction of sp³-hybridized carbons (Fsp3) is 0.267. The smallest absolute Gasteiger partial charge is 0.328 e. The number of primary amides is 1. The average molecular weight is 363 g/mol. The van der Waals surface area contributed by atoms with E-state index in [-0.39, 0.29) is 5.57 Å². The van der Waals surface area contributed by atoms with Crippen LogP contribution in [0.3, 0.4) is 0 Å². The first kappa shape index (κ1) is 18.7. The number of carbonyl (C=O) groups is 7. The summed E-state index contributed by atoms with van der Waals surface area (Å²) in [7, 11) is 0. The second-order valence-corrected chi connectivity index (χ2v) is 5.63. The van der Waals surface area contributed by atoms with Crippen molar-refractivity contribution in [3.05, 3.63) is 22.8 Å². The fourth-order valence-electron chi connectivity index (χ4n) is 2.77. The highest BCUT2D eigenvalue weighted by Crippen LogP contribution is 2.32. The SMILES string of the molecule is CC1=C(C(N)=O)C(=O)[C@H](CC(=O)O)C(=O)[C@H]1C=C1C(=O)NC(=O)NC1=O. The first-order valence-electron chi connectivity index (χ1n) is 7.23. The molecule has 2 rings (SSSR count). The van der Waals surface area contributed by atoms with Crippen LogP contribution in [0.2, 0.25) is 0 Å². The van der Waals surface area contributed by atoms with E-state index in [0.29, 0.717) is 0 Å². The summed E-state index contributed by atoms with van der Waals surface area (Å²) in [6.45, 7) is 1.23. The molecule has 0 radical (unpaired) electrons. The molecule has 0 aromatic rings. The summed E-state index contributed by atoms with van der Waals surface area (Å²) in [5, 5.41) is 12.5. The second-order valence-electron chi connectivity index (χ2n) is 5.63. The van der Waals surface area contributed by atoms with E-state index in [2.05, 4.69) is 0 Å². The molecule has 0 unspecified atom stereocenters. The van der Waals surface area contributed by atoms with Crippen molar-refractivity contribution < 1.29 is 38.7 Å². The number of amides is 5. The van der Waals surface area contributed by atoms with Gasteiger partial charge in [-0.15, -0.1) is 0 Å². The maximum absolute atomic E-state index is 12.6. The molecule has 0 saturated carbocycles. The van der Waals surface area contributed by atoms with Crippen LogP contribution >= 0.6 is 0 Å². The van der Waals surface area contributed by atoms with E-state index in [1.807, 2.05) is 10.6 Å². The van der Waals surface area contributed by atoms with E-state index in [1.54, 1.807) is 0 Å². The van der Waals surface area contributed by atoms with E-state index in [1.165, 1.54) is 6.92 Å². The van der Waals surface area contributed by atoms with Crippen LogP contribution in [0.1, 0.15) is 13.3 Å². The average Bonchev–Trinajstić information content (AvgIpc) is 2.49. The maximum Gasteiger partial charge on any atom is 0.328 e. The molecule has 0 aromatic heterocycles. The number of rotatable bonds is 4. The molecule has 11 heteroatoms. The molecule has 1 aliphatic heterocycles. The monoisotopic (exact) mass is 363 g/mol. The lowest BCUT2D eigenvalue weighted by Gasteiger charge is -2.27. The van der Waals surface area contributed by atoms with E-state index < -0.39 is 70.7 Å². The summed E-state index contributed by atoms with van der Waals surface area (Å²) in [6.07, 6.45) is -0.00270. The highest BCUT2D eigenvalue weighted by atomic mass is 16.4.